The standard InChI is InChI=1S/C23H15N5O9/c1-36-22-10-14(9-15(13-24)23(29)25-16-3-2-4-17(11-16)26(30)31)5-7-21(22)37-20-8-6-18(27(32)33)12-19(20)28(34)35/h2-12H,1H3,(H,25,29)/b15-9+. The Morgan fingerprint density at radius 3 is 2.19 bits per heavy atom. The summed E-state index contributed by atoms with van der Waals surface area (Å²) in [7, 11) is 1.29. The van der Waals surface area contributed by atoms with Crippen LogP contribution in [0.25, 0.3) is 6.08 Å². The van der Waals surface area contributed by atoms with E-state index in [1.807, 2.05) is 0 Å². The molecule has 14 heteroatoms. The molecule has 0 aliphatic heterocycles. The van der Waals surface area contributed by atoms with Crippen LogP contribution in [0.2, 0.25) is 0 Å². The van der Waals surface area contributed by atoms with Gasteiger partial charge in [-0.25, -0.2) is 0 Å². The molecule has 3 rings (SSSR count). The molecular formula is C23H15N5O9. The summed E-state index contributed by atoms with van der Waals surface area (Å²) in [6.45, 7) is 0. The number of methoxy groups -OCH3 is 1. The van der Waals surface area contributed by atoms with Gasteiger partial charge in [0.15, 0.2) is 11.5 Å². The zero-order valence-electron chi connectivity index (χ0n) is 18.8. The van der Waals surface area contributed by atoms with E-state index in [4.69, 9.17) is 9.47 Å². The van der Waals surface area contributed by atoms with Crippen LogP contribution in [0, 0.1) is 41.7 Å². The number of benzene rings is 3. The lowest BCUT2D eigenvalue weighted by atomic mass is 10.1. The molecule has 0 fully saturated rings. The Bertz CT molecular complexity index is 1490. The Hall–Kier alpha value is -5.84. The lowest BCUT2D eigenvalue weighted by molar-refractivity contribution is -0.394. The van der Waals surface area contributed by atoms with E-state index in [0.29, 0.717) is 5.56 Å². The number of nitrogens with one attached hydrogen (secondary N) is 1. The number of nitriles is 1. The average molecular weight is 505 g/mol. The molecule has 0 spiro atoms. The molecule has 0 heterocycles. The summed E-state index contributed by atoms with van der Waals surface area (Å²) in [5.74, 6) is -0.982. The van der Waals surface area contributed by atoms with Crippen LogP contribution in [-0.4, -0.2) is 27.8 Å². The van der Waals surface area contributed by atoms with Crippen molar-refractivity contribution in [2.45, 2.75) is 0 Å². The van der Waals surface area contributed by atoms with E-state index in [0.717, 1.165) is 24.3 Å². The number of nitro groups is 3. The molecule has 3 aromatic carbocycles. The van der Waals surface area contributed by atoms with E-state index in [1.165, 1.54) is 49.6 Å². The van der Waals surface area contributed by atoms with Gasteiger partial charge in [-0.1, -0.05) is 12.1 Å². The molecule has 37 heavy (non-hydrogen) atoms. The highest BCUT2D eigenvalue weighted by molar-refractivity contribution is 6.09. The minimum atomic E-state index is -0.828. The first-order valence-electron chi connectivity index (χ1n) is 10.1. The van der Waals surface area contributed by atoms with E-state index in [2.05, 4.69) is 5.32 Å². The lowest BCUT2D eigenvalue weighted by Crippen LogP contribution is -2.13. The van der Waals surface area contributed by atoms with Crippen molar-refractivity contribution in [2.75, 3.05) is 12.4 Å². The number of carbonyl (C=O) groups excluding carboxylic acids is 1. The van der Waals surface area contributed by atoms with Crippen LogP contribution in [-0.2, 0) is 4.79 Å². The van der Waals surface area contributed by atoms with Crippen molar-refractivity contribution in [3.63, 3.8) is 0 Å². The number of rotatable bonds is 9. The average Bonchev–Trinajstić information content (AvgIpc) is 2.87. The van der Waals surface area contributed by atoms with Crippen molar-refractivity contribution in [1.82, 2.24) is 0 Å². The number of nitro benzene ring substituents is 3. The molecular weight excluding hydrogens is 490 g/mol. The summed E-state index contributed by atoms with van der Waals surface area (Å²) in [5.41, 5.74) is -1.25. The van der Waals surface area contributed by atoms with Gasteiger partial charge in [0, 0.05) is 23.9 Å². The molecule has 1 amide bonds. The maximum Gasteiger partial charge on any atom is 0.318 e. The van der Waals surface area contributed by atoms with Crippen LogP contribution in [0.4, 0.5) is 22.7 Å². The van der Waals surface area contributed by atoms with Gasteiger partial charge in [0.1, 0.15) is 11.6 Å². The number of anilines is 1. The van der Waals surface area contributed by atoms with Crippen molar-refractivity contribution < 1.29 is 29.0 Å². The SMILES string of the molecule is COc1cc(/C=C(\C#N)C(=O)Nc2cccc([N+](=O)[O-])c2)ccc1Oc1ccc([N+](=O)[O-])cc1[N+](=O)[O-]. The third-order valence-electron chi connectivity index (χ3n) is 4.75. The molecule has 186 valence electrons. The Labute approximate surface area is 207 Å². The molecule has 0 atom stereocenters. The van der Waals surface area contributed by atoms with Gasteiger partial charge >= 0.3 is 5.69 Å². The second-order valence-electron chi connectivity index (χ2n) is 7.11. The summed E-state index contributed by atoms with van der Waals surface area (Å²) >= 11 is 0. The summed E-state index contributed by atoms with van der Waals surface area (Å²) in [6, 6.07) is 14.0. The zero-order chi connectivity index (χ0) is 27.1. The van der Waals surface area contributed by atoms with Crippen molar-refractivity contribution >= 4 is 34.7 Å². The first kappa shape index (κ1) is 25.8. The minimum absolute atomic E-state index is 0.0242. The first-order valence-corrected chi connectivity index (χ1v) is 10.1. The largest absolute Gasteiger partial charge is 0.493 e. The number of ether oxygens (including phenoxy) is 2. The van der Waals surface area contributed by atoms with Crippen LogP contribution >= 0.6 is 0 Å². The van der Waals surface area contributed by atoms with Gasteiger partial charge in [-0.3, -0.25) is 35.1 Å². The fourth-order valence-electron chi connectivity index (χ4n) is 3.04. The lowest BCUT2D eigenvalue weighted by Gasteiger charge is -2.11. The van der Waals surface area contributed by atoms with Crippen LogP contribution in [0.5, 0.6) is 17.2 Å². The Morgan fingerprint density at radius 1 is 0.892 bits per heavy atom. The molecule has 14 nitrogen and oxygen atoms in total. The molecule has 0 radical (unpaired) electrons. The van der Waals surface area contributed by atoms with Gasteiger partial charge in [0.2, 0.25) is 5.75 Å². The predicted molar refractivity (Wildman–Crippen MR) is 128 cm³/mol. The van der Waals surface area contributed by atoms with E-state index in [9.17, 15) is 40.4 Å². The molecule has 0 saturated heterocycles. The highest BCUT2D eigenvalue weighted by Gasteiger charge is 2.22. The van der Waals surface area contributed by atoms with Gasteiger partial charge in [-0.15, -0.1) is 0 Å². The van der Waals surface area contributed by atoms with Crippen molar-refractivity contribution in [3.8, 4) is 23.3 Å². The number of amides is 1. The first-order chi connectivity index (χ1) is 17.6. The van der Waals surface area contributed by atoms with Crippen LogP contribution in [0.3, 0.4) is 0 Å². The maximum absolute atomic E-state index is 12.5. The molecule has 1 N–H and O–H groups in total. The second-order valence-corrected chi connectivity index (χ2v) is 7.11. The molecule has 0 aliphatic rings. The number of non-ortho nitro benzene ring substituents is 2. The topological polar surface area (TPSA) is 201 Å². The highest BCUT2D eigenvalue weighted by Crippen LogP contribution is 2.38. The summed E-state index contributed by atoms with van der Waals surface area (Å²) in [5, 5.41) is 45.1. The normalized spacial score (nSPS) is 10.6. The monoisotopic (exact) mass is 505 g/mol. The number of nitrogens with zero attached hydrogens (tertiary/aromatic N) is 4. The number of hydrogen-bond acceptors (Lipinski definition) is 10. The minimum Gasteiger partial charge on any atom is -0.493 e. The number of carbonyl (C=O) groups is 1. The van der Waals surface area contributed by atoms with Crippen LogP contribution in [0.1, 0.15) is 5.56 Å². The van der Waals surface area contributed by atoms with Gasteiger partial charge in [-0.2, -0.15) is 5.26 Å². The molecule has 3 aromatic rings. The Morgan fingerprint density at radius 2 is 1.57 bits per heavy atom. The van der Waals surface area contributed by atoms with Gasteiger partial charge in [0.25, 0.3) is 17.3 Å². The summed E-state index contributed by atoms with van der Waals surface area (Å²) in [4.78, 5) is 43.5. The van der Waals surface area contributed by atoms with Crippen LogP contribution < -0.4 is 14.8 Å². The Kier molecular flexibility index (Phi) is 7.70. The van der Waals surface area contributed by atoms with E-state index in [1.54, 1.807) is 6.07 Å². The second kappa shape index (κ2) is 11.1. The summed E-state index contributed by atoms with van der Waals surface area (Å²) in [6.07, 6.45) is 1.23. The van der Waals surface area contributed by atoms with Crippen LogP contribution in [0.15, 0.2) is 66.2 Å². The number of hydrogen-bond donors (Lipinski definition) is 1. The highest BCUT2D eigenvalue weighted by atomic mass is 16.6. The summed E-state index contributed by atoms with van der Waals surface area (Å²) < 4.78 is 10.8. The van der Waals surface area contributed by atoms with E-state index in [-0.39, 0.29) is 34.2 Å². The maximum atomic E-state index is 12.5. The predicted octanol–water partition coefficient (Wildman–Crippen LogP) is 4.76. The van der Waals surface area contributed by atoms with Crippen molar-refractivity contribution in [3.05, 3.63) is 102 Å². The third kappa shape index (κ3) is 6.19. The Balaban J connectivity index is 1.87. The van der Waals surface area contributed by atoms with Crippen molar-refractivity contribution in [2.24, 2.45) is 0 Å². The zero-order valence-corrected chi connectivity index (χ0v) is 18.8. The molecule has 0 saturated carbocycles. The van der Waals surface area contributed by atoms with E-state index >= 15 is 0 Å². The van der Waals surface area contributed by atoms with Gasteiger partial charge in [0.05, 0.1) is 27.9 Å². The fraction of sp³-hybridized carbons (Fsp3) is 0.0435. The molecule has 0 unspecified atom stereocenters. The van der Waals surface area contributed by atoms with Gasteiger partial charge < -0.3 is 14.8 Å². The smallest absolute Gasteiger partial charge is 0.318 e. The fourth-order valence-corrected chi connectivity index (χ4v) is 3.04. The molecule has 0 bridgehead atoms. The third-order valence-corrected chi connectivity index (χ3v) is 4.75. The van der Waals surface area contributed by atoms with Crippen molar-refractivity contribution in [1.29, 1.82) is 5.26 Å². The quantitative estimate of drug-likeness (QED) is 0.183. The van der Waals surface area contributed by atoms with E-state index < -0.39 is 32.1 Å². The van der Waals surface area contributed by atoms with Gasteiger partial charge in [-0.05, 0) is 35.9 Å². The molecule has 0 aromatic heterocycles. The molecule has 0 aliphatic carbocycles.